The Balaban J connectivity index is 2.06. The van der Waals surface area contributed by atoms with Crippen molar-refractivity contribution in [2.45, 2.75) is 39.2 Å². The highest BCUT2D eigenvalue weighted by atomic mass is 16.4. The Kier molecular flexibility index (Phi) is 4.83. The molecule has 1 amide bonds. The van der Waals surface area contributed by atoms with Crippen LogP contribution in [0.4, 0.5) is 0 Å². The van der Waals surface area contributed by atoms with Crippen molar-refractivity contribution in [2.75, 3.05) is 0 Å². The van der Waals surface area contributed by atoms with Gasteiger partial charge in [-0.2, -0.15) is 5.10 Å². The Morgan fingerprint density at radius 1 is 1.26 bits per heavy atom. The second kappa shape index (κ2) is 6.64. The van der Waals surface area contributed by atoms with Crippen molar-refractivity contribution in [3.05, 3.63) is 41.6 Å². The van der Waals surface area contributed by atoms with Crippen molar-refractivity contribution in [3.8, 4) is 11.3 Å². The van der Waals surface area contributed by atoms with Gasteiger partial charge < -0.3 is 10.4 Å². The van der Waals surface area contributed by atoms with Gasteiger partial charge in [0.15, 0.2) is 0 Å². The number of H-pyrrole nitrogens is 1. The number of aromatic amines is 1. The summed E-state index contributed by atoms with van der Waals surface area (Å²) < 4.78 is 0. The fourth-order valence-corrected chi connectivity index (χ4v) is 2.17. The minimum absolute atomic E-state index is 0.00483. The number of aromatic nitrogens is 2. The first-order chi connectivity index (χ1) is 10.8. The largest absolute Gasteiger partial charge is 0.481 e. The molecule has 23 heavy (non-hydrogen) atoms. The van der Waals surface area contributed by atoms with Gasteiger partial charge in [-0.1, -0.05) is 29.8 Å². The summed E-state index contributed by atoms with van der Waals surface area (Å²) in [7, 11) is 0. The summed E-state index contributed by atoms with van der Waals surface area (Å²) >= 11 is 0. The van der Waals surface area contributed by atoms with Gasteiger partial charge in [-0.3, -0.25) is 14.7 Å². The monoisotopic (exact) mass is 315 g/mol. The molecule has 1 aromatic heterocycles. The quantitative estimate of drug-likeness (QED) is 0.764. The third-order valence-corrected chi connectivity index (χ3v) is 3.59. The lowest BCUT2D eigenvalue weighted by Gasteiger charge is -2.25. The molecule has 0 aliphatic carbocycles. The standard InChI is InChI=1S/C17H21N3O3/c1-11-4-6-12(7-5-11)13-10-14(20-19-13)16(23)18-17(2,3)9-8-15(21)22/h4-7,10H,8-9H2,1-3H3,(H,18,23)(H,19,20)(H,21,22). The second-order valence-corrected chi connectivity index (χ2v) is 6.26. The van der Waals surface area contributed by atoms with E-state index in [1.807, 2.05) is 31.2 Å². The molecule has 6 heteroatoms. The summed E-state index contributed by atoms with van der Waals surface area (Å²) in [6.07, 6.45) is 0.359. The van der Waals surface area contributed by atoms with Gasteiger partial charge in [0.2, 0.25) is 0 Å². The average molecular weight is 315 g/mol. The van der Waals surface area contributed by atoms with Gasteiger partial charge >= 0.3 is 5.97 Å². The molecular weight excluding hydrogens is 294 g/mol. The smallest absolute Gasteiger partial charge is 0.303 e. The number of amides is 1. The first-order valence-electron chi connectivity index (χ1n) is 7.43. The van der Waals surface area contributed by atoms with E-state index in [0.717, 1.165) is 11.1 Å². The van der Waals surface area contributed by atoms with Crippen molar-refractivity contribution in [3.63, 3.8) is 0 Å². The molecule has 0 fully saturated rings. The number of hydrogen-bond acceptors (Lipinski definition) is 3. The minimum Gasteiger partial charge on any atom is -0.481 e. The molecule has 2 rings (SSSR count). The van der Waals surface area contributed by atoms with Gasteiger partial charge in [0, 0.05) is 17.5 Å². The van der Waals surface area contributed by atoms with Crippen LogP contribution < -0.4 is 5.32 Å². The lowest BCUT2D eigenvalue weighted by Crippen LogP contribution is -2.43. The third-order valence-electron chi connectivity index (χ3n) is 3.59. The zero-order chi connectivity index (χ0) is 17.0. The number of carbonyl (C=O) groups is 2. The highest BCUT2D eigenvalue weighted by Gasteiger charge is 2.23. The lowest BCUT2D eigenvalue weighted by atomic mass is 9.98. The first-order valence-corrected chi connectivity index (χ1v) is 7.43. The Hall–Kier alpha value is -2.63. The Labute approximate surface area is 134 Å². The number of nitrogens with zero attached hydrogens (tertiary/aromatic N) is 1. The van der Waals surface area contributed by atoms with E-state index < -0.39 is 11.5 Å². The van der Waals surface area contributed by atoms with E-state index in [1.54, 1.807) is 19.9 Å². The number of nitrogens with one attached hydrogen (secondary N) is 2. The van der Waals surface area contributed by atoms with Gasteiger partial charge in [-0.25, -0.2) is 0 Å². The molecule has 0 spiro atoms. The second-order valence-electron chi connectivity index (χ2n) is 6.26. The Morgan fingerprint density at radius 2 is 1.91 bits per heavy atom. The molecule has 0 radical (unpaired) electrons. The maximum atomic E-state index is 12.3. The number of aryl methyl sites for hydroxylation is 1. The van der Waals surface area contributed by atoms with Crippen LogP contribution in [0.2, 0.25) is 0 Å². The van der Waals surface area contributed by atoms with Gasteiger partial charge in [-0.05, 0) is 33.3 Å². The summed E-state index contributed by atoms with van der Waals surface area (Å²) in [6.45, 7) is 5.60. The molecule has 0 saturated heterocycles. The van der Waals surface area contributed by atoms with Crippen LogP contribution in [0.15, 0.2) is 30.3 Å². The zero-order valence-corrected chi connectivity index (χ0v) is 13.5. The normalized spacial score (nSPS) is 11.3. The molecule has 0 bridgehead atoms. The molecule has 1 heterocycles. The van der Waals surface area contributed by atoms with Crippen molar-refractivity contribution in [1.29, 1.82) is 0 Å². The molecule has 6 nitrogen and oxygen atoms in total. The van der Waals surface area contributed by atoms with Gasteiger partial charge in [-0.15, -0.1) is 0 Å². The van der Waals surface area contributed by atoms with Crippen molar-refractivity contribution in [1.82, 2.24) is 15.5 Å². The molecule has 0 atom stereocenters. The molecule has 0 aliphatic rings. The van der Waals surface area contributed by atoms with Crippen molar-refractivity contribution < 1.29 is 14.7 Å². The molecule has 0 aliphatic heterocycles. The number of aliphatic carboxylic acids is 1. The predicted molar refractivity (Wildman–Crippen MR) is 87.2 cm³/mol. The summed E-state index contributed by atoms with van der Waals surface area (Å²) in [5, 5.41) is 18.5. The first kappa shape index (κ1) is 16.7. The topological polar surface area (TPSA) is 95.1 Å². The molecule has 0 saturated carbocycles. The number of carboxylic acid groups (broad SMARTS) is 1. The fraction of sp³-hybridized carbons (Fsp3) is 0.353. The number of hydrogen-bond donors (Lipinski definition) is 3. The number of carboxylic acids is 1. The van der Waals surface area contributed by atoms with E-state index in [1.165, 1.54) is 0 Å². The van der Waals surface area contributed by atoms with Gasteiger partial charge in [0.1, 0.15) is 5.69 Å². The van der Waals surface area contributed by atoms with Crippen LogP contribution in [0.5, 0.6) is 0 Å². The van der Waals surface area contributed by atoms with Crippen LogP contribution in [0.3, 0.4) is 0 Å². The van der Waals surface area contributed by atoms with E-state index in [2.05, 4.69) is 15.5 Å². The van der Waals surface area contributed by atoms with Gasteiger partial charge in [0.05, 0.1) is 5.69 Å². The summed E-state index contributed by atoms with van der Waals surface area (Å²) in [6, 6.07) is 9.55. The molecular formula is C17H21N3O3. The predicted octanol–water partition coefficient (Wildman–Crippen LogP) is 2.76. The van der Waals surface area contributed by atoms with Gasteiger partial charge in [0.25, 0.3) is 5.91 Å². The maximum absolute atomic E-state index is 12.3. The summed E-state index contributed by atoms with van der Waals surface area (Å²) in [4.78, 5) is 22.9. The van der Waals surface area contributed by atoms with E-state index in [0.29, 0.717) is 17.8 Å². The van der Waals surface area contributed by atoms with Crippen LogP contribution in [-0.2, 0) is 4.79 Å². The fourth-order valence-electron chi connectivity index (χ4n) is 2.17. The molecule has 0 unspecified atom stereocenters. The van der Waals surface area contributed by atoms with Crippen molar-refractivity contribution >= 4 is 11.9 Å². The van der Waals surface area contributed by atoms with Crippen LogP contribution in [0.1, 0.15) is 42.7 Å². The Bertz CT molecular complexity index is 702. The Morgan fingerprint density at radius 3 is 2.52 bits per heavy atom. The molecule has 122 valence electrons. The van der Waals surface area contributed by atoms with E-state index >= 15 is 0 Å². The van der Waals surface area contributed by atoms with Crippen LogP contribution in [-0.4, -0.2) is 32.7 Å². The SMILES string of the molecule is Cc1ccc(-c2cc(C(=O)NC(C)(C)CCC(=O)O)[nH]n2)cc1. The van der Waals surface area contributed by atoms with Crippen LogP contribution >= 0.6 is 0 Å². The zero-order valence-electron chi connectivity index (χ0n) is 13.5. The lowest BCUT2D eigenvalue weighted by molar-refractivity contribution is -0.137. The highest BCUT2D eigenvalue weighted by Crippen LogP contribution is 2.19. The van der Waals surface area contributed by atoms with Crippen LogP contribution in [0.25, 0.3) is 11.3 Å². The molecule has 1 aromatic carbocycles. The summed E-state index contributed by atoms with van der Waals surface area (Å²) in [5.74, 6) is -1.18. The number of benzene rings is 1. The van der Waals surface area contributed by atoms with E-state index in [9.17, 15) is 9.59 Å². The van der Waals surface area contributed by atoms with E-state index in [-0.39, 0.29) is 12.3 Å². The van der Waals surface area contributed by atoms with Crippen LogP contribution in [0, 0.1) is 6.92 Å². The maximum Gasteiger partial charge on any atom is 0.303 e. The summed E-state index contributed by atoms with van der Waals surface area (Å²) in [5.41, 5.74) is 2.52. The third kappa shape index (κ3) is 4.67. The molecule has 3 N–H and O–H groups in total. The van der Waals surface area contributed by atoms with E-state index in [4.69, 9.17) is 5.11 Å². The highest BCUT2D eigenvalue weighted by molar-refractivity contribution is 5.93. The van der Waals surface area contributed by atoms with Crippen molar-refractivity contribution in [2.24, 2.45) is 0 Å². The molecule has 2 aromatic rings. The average Bonchev–Trinajstić information content (AvgIpc) is 2.95. The minimum atomic E-state index is -0.879. The number of rotatable bonds is 6. The number of carbonyl (C=O) groups excluding carboxylic acids is 1.